The summed E-state index contributed by atoms with van der Waals surface area (Å²) < 4.78 is 6.81. The molecular formula is C19H27NO. The van der Waals surface area contributed by atoms with Gasteiger partial charge in [-0.1, -0.05) is 37.3 Å². The second-order valence-corrected chi connectivity index (χ2v) is 7.71. The lowest BCUT2D eigenvalue weighted by molar-refractivity contribution is -0.324. The maximum Gasteiger partial charge on any atom is 0.123 e. The predicted octanol–water partition coefficient (Wildman–Crippen LogP) is 4.20. The van der Waals surface area contributed by atoms with Gasteiger partial charge < -0.3 is 4.74 Å². The highest BCUT2D eigenvalue weighted by Crippen LogP contribution is 2.59. The van der Waals surface area contributed by atoms with Gasteiger partial charge in [-0.3, -0.25) is 4.90 Å². The second kappa shape index (κ2) is 4.82. The van der Waals surface area contributed by atoms with Gasteiger partial charge in [0, 0.05) is 6.54 Å². The van der Waals surface area contributed by atoms with E-state index < -0.39 is 0 Å². The first-order valence-corrected chi connectivity index (χ1v) is 8.58. The van der Waals surface area contributed by atoms with Gasteiger partial charge in [0.25, 0.3) is 0 Å². The lowest BCUT2D eigenvalue weighted by atomic mass is 9.59. The minimum absolute atomic E-state index is 0.00986. The molecule has 2 saturated heterocycles. The monoisotopic (exact) mass is 285 g/mol. The van der Waals surface area contributed by atoms with Crippen molar-refractivity contribution in [2.45, 2.75) is 63.3 Å². The van der Waals surface area contributed by atoms with Crippen LogP contribution in [-0.4, -0.2) is 23.3 Å². The van der Waals surface area contributed by atoms with Crippen LogP contribution in [0, 0.1) is 11.8 Å². The number of ether oxygens (including phenoxy) is 1. The standard InChI is InChI=1S/C19H27NO/c1-3-18-10-16-9-17(11-18)13-19(12-16,21-18)20(2)14-15-7-5-4-6-8-15/h4-8,16-17H,3,9-14H2,1-2H3/t16-,17+,18?,19?. The number of benzene rings is 1. The van der Waals surface area contributed by atoms with Crippen molar-refractivity contribution >= 4 is 0 Å². The molecule has 4 fully saturated rings. The van der Waals surface area contributed by atoms with Crippen molar-refractivity contribution in [3.63, 3.8) is 0 Å². The Morgan fingerprint density at radius 2 is 1.76 bits per heavy atom. The summed E-state index contributed by atoms with van der Waals surface area (Å²) in [6, 6.07) is 10.8. The quantitative estimate of drug-likeness (QED) is 0.822. The Bertz CT molecular complexity index is 498. The molecule has 0 N–H and O–H groups in total. The van der Waals surface area contributed by atoms with E-state index in [-0.39, 0.29) is 11.3 Å². The predicted molar refractivity (Wildman–Crippen MR) is 84.8 cm³/mol. The van der Waals surface area contributed by atoms with E-state index in [4.69, 9.17) is 4.74 Å². The summed E-state index contributed by atoms with van der Waals surface area (Å²) in [6.07, 6.45) is 7.73. The number of rotatable bonds is 4. The van der Waals surface area contributed by atoms with Crippen LogP contribution in [0.15, 0.2) is 30.3 Å². The van der Waals surface area contributed by atoms with E-state index in [1.54, 1.807) is 0 Å². The van der Waals surface area contributed by atoms with Gasteiger partial charge in [0.2, 0.25) is 0 Å². The Hall–Kier alpha value is -0.860. The molecule has 2 unspecified atom stereocenters. The first-order valence-electron chi connectivity index (χ1n) is 8.58. The van der Waals surface area contributed by atoms with Gasteiger partial charge in [-0.15, -0.1) is 0 Å². The molecule has 2 heterocycles. The molecule has 2 nitrogen and oxygen atoms in total. The fourth-order valence-electron chi connectivity index (χ4n) is 5.39. The Morgan fingerprint density at radius 1 is 1.10 bits per heavy atom. The first kappa shape index (κ1) is 13.8. The third-order valence-electron chi connectivity index (χ3n) is 6.21. The average molecular weight is 285 g/mol. The van der Waals surface area contributed by atoms with Crippen LogP contribution in [0.2, 0.25) is 0 Å². The Kier molecular flexibility index (Phi) is 3.16. The van der Waals surface area contributed by atoms with Crippen molar-refractivity contribution in [1.82, 2.24) is 4.90 Å². The molecule has 2 heteroatoms. The molecule has 4 aliphatic rings. The van der Waals surface area contributed by atoms with Crippen LogP contribution in [0.25, 0.3) is 0 Å². The van der Waals surface area contributed by atoms with E-state index in [1.807, 2.05) is 0 Å². The maximum absolute atomic E-state index is 6.81. The van der Waals surface area contributed by atoms with Gasteiger partial charge in [0.15, 0.2) is 0 Å². The van der Waals surface area contributed by atoms with Crippen molar-refractivity contribution in [1.29, 1.82) is 0 Å². The van der Waals surface area contributed by atoms with E-state index in [0.717, 1.165) is 18.4 Å². The molecule has 2 aliphatic carbocycles. The van der Waals surface area contributed by atoms with E-state index >= 15 is 0 Å². The largest absolute Gasteiger partial charge is 0.354 e. The summed E-state index contributed by atoms with van der Waals surface area (Å²) in [5, 5.41) is 0. The van der Waals surface area contributed by atoms with Crippen LogP contribution >= 0.6 is 0 Å². The van der Waals surface area contributed by atoms with Crippen LogP contribution in [0.4, 0.5) is 0 Å². The highest BCUT2D eigenvalue weighted by molar-refractivity contribution is 5.15. The maximum atomic E-state index is 6.81. The third kappa shape index (κ3) is 2.24. The third-order valence-corrected chi connectivity index (χ3v) is 6.21. The molecule has 2 aliphatic heterocycles. The summed E-state index contributed by atoms with van der Waals surface area (Å²) in [7, 11) is 2.27. The second-order valence-electron chi connectivity index (χ2n) is 7.71. The van der Waals surface area contributed by atoms with Crippen molar-refractivity contribution in [3.8, 4) is 0 Å². The normalized spacial score (nSPS) is 40.9. The highest BCUT2D eigenvalue weighted by Gasteiger charge is 2.59. The van der Waals surface area contributed by atoms with E-state index in [9.17, 15) is 0 Å². The molecule has 114 valence electrons. The van der Waals surface area contributed by atoms with Crippen molar-refractivity contribution in [3.05, 3.63) is 35.9 Å². The summed E-state index contributed by atoms with van der Waals surface area (Å²) >= 11 is 0. The lowest BCUT2D eigenvalue weighted by Crippen LogP contribution is -2.66. The minimum atomic E-state index is 0.00986. The minimum Gasteiger partial charge on any atom is -0.354 e. The molecule has 4 bridgehead atoms. The molecule has 0 aromatic heterocycles. The average Bonchev–Trinajstić information content (AvgIpc) is 2.47. The van der Waals surface area contributed by atoms with Crippen LogP contribution < -0.4 is 0 Å². The zero-order chi connectivity index (χ0) is 14.5. The van der Waals surface area contributed by atoms with Gasteiger partial charge in [0.1, 0.15) is 5.72 Å². The summed E-state index contributed by atoms with van der Waals surface area (Å²) in [4.78, 5) is 2.50. The van der Waals surface area contributed by atoms with Crippen LogP contribution in [0.1, 0.15) is 51.0 Å². The van der Waals surface area contributed by atoms with Gasteiger partial charge in [0.05, 0.1) is 5.60 Å². The van der Waals surface area contributed by atoms with Gasteiger partial charge in [-0.05, 0) is 63.0 Å². The molecule has 5 rings (SSSR count). The number of hydrogen-bond acceptors (Lipinski definition) is 2. The molecule has 21 heavy (non-hydrogen) atoms. The van der Waals surface area contributed by atoms with Gasteiger partial charge >= 0.3 is 0 Å². The van der Waals surface area contributed by atoms with Crippen molar-refractivity contribution in [2.75, 3.05) is 7.05 Å². The Balaban J connectivity index is 1.59. The molecular weight excluding hydrogens is 258 g/mol. The van der Waals surface area contributed by atoms with Crippen LogP contribution in [0.5, 0.6) is 0 Å². The van der Waals surface area contributed by atoms with E-state index in [1.165, 1.54) is 44.1 Å². The molecule has 1 aromatic carbocycles. The number of hydrogen-bond donors (Lipinski definition) is 0. The van der Waals surface area contributed by atoms with Crippen molar-refractivity contribution < 1.29 is 4.74 Å². The van der Waals surface area contributed by atoms with E-state index in [0.29, 0.717) is 0 Å². The number of nitrogens with zero attached hydrogens (tertiary/aromatic N) is 1. The summed E-state index contributed by atoms with van der Waals surface area (Å²) in [5.41, 5.74) is 1.59. The SMILES string of the molecule is CCC12C[C@H]3C[C@@H](C1)CC(N(C)Cc1ccccc1)(C3)O2. The molecule has 0 spiro atoms. The summed E-state index contributed by atoms with van der Waals surface area (Å²) in [6.45, 7) is 3.32. The molecule has 0 amide bonds. The Labute approximate surface area is 128 Å². The molecule has 0 radical (unpaired) electrons. The molecule has 2 saturated carbocycles. The van der Waals surface area contributed by atoms with Gasteiger partial charge in [-0.2, -0.15) is 0 Å². The van der Waals surface area contributed by atoms with Crippen LogP contribution in [-0.2, 0) is 11.3 Å². The lowest BCUT2D eigenvalue weighted by Gasteiger charge is -2.64. The Morgan fingerprint density at radius 3 is 2.38 bits per heavy atom. The van der Waals surface area contributed by atoms with E-state index in [2.05, 4.69) is 49.2 Å². The fraction of sp³-hybridized carbons (Fsp3) is 0.684. The molecule has 1 aromatic rings. The van der Waals surface area contributed by atoms with Crippen LogP contribution in [0.3, 0.4) is 0 Å². The zero-order valence-electron chi connectivity index (χ0n) is 13.3. The van der Waals surface area contributed by atoms with Crippen molar-refractivity contribution in [2.24, 2.45) is 11.8 Å². The summed E-state index contributed by atoms with van der Waals surface area (Å²) in [5.74, 6) is 1.79. The first-order chi connectivity index (χ1) is 10.1. The fourth-order valence-corrected chi connectivity index (χ4v) is 5.39. The highest BCUT2D eigenvalue weighted by atomic mass is 16.5. The van der Waals surface area contributed by atoms with Gasteiger partial charge in [-0.25, -0.2) is 0 Å². The smallest absolute Gasteiger partial charge is 0.123 e. The topological polar surface area (TPSA) is 12.5 Å². The molecule has 4 atom stereocenters. The zero-order valence-corrected chi connectivity index (χ0v) is 13.3.